The summed E-state index contributed by atoms with van der Waals surface area (Å²) in [6.45, 7) is 7.54. The topological polar surface area (TPSA) is 63.7 Å². The molecule has 1 heterocycles. The van der Waals surface area contributed by atoms with Crippen molar-refractivity contribution in [2.24, 2.45) is 17.8 Å². The van der Waals surface area contributed by atoms with Crippen LogP contribution in [-0.4, -0.2) is 34.8 Å². The number of nitrogens with zero attached hydrogens (tertiary/aromatic N) is 1. The third-order valence-corrected chi connectivity index (χ3v) is 7.11. The Labute approximate surface area is 188 Å². The summed E-state index contributed by atoms with van der Waals surface area (Å²) < 4.78 is 5.48. The first-order valence-corrected chi connectivity index (χ1v) is 11.6. The second kappa shape index (κ2) is 7.58. The molecule has 2 amide bonds. The number of hydrogen-bond donors (Lipinski definition) is 0. The molecule has 2 bridgehead atoms. The molecule has 2 aromatic carbocycles. The summed E-state index contributed by atoms with van der Waals surface area (Å²) >= 11 is 0. The van der Waals surface area contributed by atoms with Gasteiger partial charge in [-0.3, -0.25) is 14.5 Å². The molecule has 3 aliphatic carbocycles. The maximum atomic E-state index is 13.9. The number of carbonyl (C=O) groups is 3. The predicted molar refractivity (Wildman–Crippen MR) is 120 cm³/mol. The average Bonchev–Trinajstić information content (AvgIpc) is 3.02. The molecule has 2 aromatic rings. The van der Waals surface area contributed by atoms with Crippen LogP contribution in [-0.2, 0) is 19.1 Å². The molecule has 1 aliphatic heterocycles. The molecule has 1 fully saturated rings. The lowest BCUT2D eigenvalue weighted by Crippen LogP contribution is -2.47. The number of amides is 2. The first kappa shape index (κ1) is 20.9. The Morgan fingerprint density at radius 2 is 1.22 bits per heavy atom. The Balaban J connectivity index is 1.62. The fourth-order valence-corrected chi connectivity index (χ4v) is 6.07. The van der Waals surface area contributed by atoms with Gasteiger partial charge in [0.15, 0.2) is 0 Å². The highest BCUT2D eigenvalue weighted by molar-refractivity contribution is 6.10. The van der Waals surface area contributed by atoms with Gasteiger partial charge in [-0.05, 0) is 48.4 Å². The number of benzene rings is 2. The summed E-state index contributed by atoms with van der Waals surface area (Å²) in [4.78, 5) is 42.0. The zero-order valence-corrected chi connectivity index (χ0v) is 18.9. The fraction of sp³-hybridized carbons (Fsp3) is 0.444. The van der Waals surface area contributed by atoms with Crippen LogP contribution < -0.4 is 0 Å². The van der Waals surface area contributed by atoms with Crippen LogP contribution in [0.3, 0.4) is 0 Å². The molecule has 0 N–H and O–H groups in total. The molecule has 0 spiro atoms. The van der Waals surface area contributed by atoms with Gasteiger partial charge < -0.3 is 4.74 Å². The highest BCUT2D eigenvalue weighted by Crippen LogP contribution is 2.61. The number of imide groups is 1. The molecular weight excluding hydrogens is 402 g/mol. The number of hydrogen-bond acceptors (Lipinski definition) is 4. The van der Waals surface area contributed by atoms with E-state index in [1.54, 1.807) is 13.8 Å². The number of rotatable bonds is 5. The van der Waals surface area contributed by atoms with Crippen LogP contribution in [0.25, 0.3) is 0 Å². The minimum absolute atomic E-state index is 0.133. The number of ether oxygens (including phenoxy) is 1. The third-order valence-electron chi connectivity index (χ3n) is 7.11. The molecule has 32 heavy (non-hydrogen) atoms. The molecule has 5 nitrogen and oxygen atoms in total. The van der Waals surface area contributed by atoms with Gasteiger partial charge >= 0.3 is 5.97 Å². The fourth-order valence-electron chi connectivity index (χ4n) is 6.07. The van der Waals surface area contributed by atoms with Gasteiger partial charge in [0.25, 0.3) is 0 Å². The molecule has 5 heteroatoms. The van der Waals surface area contributed by atoms with E-state index >= 15 is 0 Å². The summed E-state index contributed by atoms with van der Waals surface area (Å²) in [6, 6.07) is 15.4. The largest absolute Gasteiger partial charge is 0.461 e. The standard InChI is InChI=1S/C27H29NO4/c1-14(2)13-20(27(31)32-15(3)4)28-25(29)23-21-16-9-5-6-10-17(16)22(24(23)26(28)30)19-12-8-7-11-18(19)21/h5-12,14-15,20-24H,13H2,1-4H3/t20-,21?,22?,23-,24+/m1/s1. The van der Waals surface area contributed by atoms with Crippen molar-refractivity contribution in [1.29, 1.82) is 0 Å². The van der Waals surface area contributed by atoms with Gasteiger partial charge in [0.2, 0.25) is 11.8 Å². The minimum Gasteiger partial charge on any atom is -0.461 e. The van der Waals surface area contributed by atoms with E-state index in [2.05, 4.69) is 24.3 Å². The second-order valence-electron chi connectivity index (χ2n) is 9.94. The molecule has 0 unspecified atom stereocenters. The predicted octanol–water partition coefficient (Wildman–Crippen LogP) is 4.24. The highest BCUT2D eigenvalue weighted by Gasteiger charge is 2.63. The van der Waals surface area contributed by atoms with E-state index in [1.165, 1.54) is 4.90 Å². The van der Waals surface area contributed by atoms with Crippen molar-refractivity contribution >= 4 is 17.8 Å². The lowest BCUT2D eigenvalue weighted by molar-refractivity contribution is -0.162. The van der Waals surface area contributed by atoms with E-state index in [0.29, 0.717) is 6.42 Å². The van der Waals surface area contributed by atoms with E-state index in [1.807, 2.05) is 38.1 Å². The number of carbonyl (C=O) groups excluding carboxylic acids is 3. The van der Waals surface area contributed by atoms with Crippen molar-refractivity contribution in [1.82, 2.24) is 4.90 Å². The zero-order valence-electron chi connectivity index (χ0n) is 18.9. The Hall–Kier alpha value is -2.95. The average molecular weight is 432 g/mol. The molecule has 0 aromatic heterocycles. The Bertz CT molecular complexity index is 989. The summed E-state index contributed by atoms with van der Waals surface area (Å²) in [5.41, 5.74) is 4.52. The second-order valence-corrected chi connectivity index (χ2v) is 9.94. The van der Waals surface area contributed by atoms with Crippen molar-refractivity contribution < 1.29 is 19.1 Å². The molecular formula is C27H29NO4. The summed E-state index contributed by atoms with van der Waals surface area (Å²) in [5.74, 6) is -2.10. The first-order chi connectivity index (χ1) is 15.3. The maximum absolute atomic E-state index is 13.9. The molecule has 166 valence electrons. The molecule has 0 saturated carbocycles. The van der Waals surface area contributed by atoms with Crippen molar-refractivity contribution in [2.75, 3.05) is 0 Å². The van der Waals surface area contributed by atoms with Crippen molar-refractivity contribution in [3.8, 4) is 0 Å². The van der Waals surface area contributed by atoms with Crippen LogP contribution in [0.2, 0.25) is 0 Å². The summed E-state index contributed by atoms with van der Waals surface area (Å²) in [6.07, 6.45) is 0.0921. The maximum Gasteiger partial charge on any atom is 0.329 e. The van der Waals surface area contributed by atoms with E-state index < -0.39 is 23.8 Å². The van der Waals surface area contributed by atoms with Crippen LogP contribution in [0.4, 0.5) is 0 Å². The monoisotopic (exact) mass is 431 g/mol. The van der Waals surface area contributed by atoms with Crippen LogP contribution >= 0.6 is 0 Å². The Morgan fingerprint density at radius 1 is 0.812 bits per heavy atom. The van der Waals surface area contributed by atoms with Gasteiger partial charge in [-0.1, -0.05) is 62.4 Å². The molecule has 3 atom stereocenters. The SMILES string of the molecule is CC(C)C[C@H](C(=O)OC(C)C)N1C(=O)[C@@H]2C3c4ccccc4C(c4ccccc43)[C@@H]2C1=O. The molecule has 6 rings (SSSR count). The molecule has 4 aliphatic rings. The van der Waals surface area contributed by atoms with Crippen molar-refractivity contribution in [2.45, 2.75) is 58.1 Å². The number of likely N-dealkylation sites (tertiary alicyclic amines) is 1. The van der Waals surface area contributed by atoms with Gasteiger partial charge in [0.1, 0.15) is 6.04 Å². The smallest absolute Gasteiger partial charge is 0.329 e. The van der Waals surface area contributed by atoms with E-state index in [9.17, 15) is 14.4 Å². The van der Waals surface area contributed by atoms with Crippen LogP contribution in [0.1, 0.15) is 68.2 Å². The minimum atomic E-state index is -0.881. The van der Waals surface area contributed by atoms with Crippen LogP contribution in [0.15, 0.2) is 48.5 Å². The van der Waals surface area contributed by atoms with E-state index in [4.69, 9.17) is 4.74 Å². The van der Waals surface area contributed by atoms with Gasteiger partial charge in [0, 0.05) is 11.8 Å². The Morgan fingerprint density at radius 3 is 1.56 bits per heavy atom. The van der Waals surface area contributed by atoms with Gasteiger partial charge in [0.05, 0.1) is 17.9 Å². The zero-order chi connectivity index (χ0) is 22.7. The first-order valence-electron chi connectivity index (χ1n) is 11.6. The molecule has 1 saturated heterocycles. The Kier molecular flexibility index (Phi) is 4.95. The van der Waals surface area contributed by atoms with Gasteiger partial charge in [-0.25, -0.2) is 4.79 Å². The van der Waals surface area contributed by atoms with Crippen molar-refractivity contribution in [3.05, 3.63) is 70.8 Å². The van der Waals surface area contributed by atoms with Gasteiger partial charge in [-0.15, -0.1) is 0 Å². The molecule has 0 radical (unpaired) electrons. The lowest BCUT2D eigenvalue weighted by Gasteiger charge is -2.45. The lowest BCUT2D eigenvalue weighted by atomic mass is 9.55. The summed E-state index contributed by atoms with van der Waals surface area (Å²) in [7, 11) is 0. The quantitative estimate of drug-likeness (QED) is 0.525. The van der Waals surface area contributed by atoms with Crippen LogP contribution in [0.5, 0.6) is 0 Å². The van der Waals surface area contributed by atoms with Crippen molar-refractivity contribution in [3.63, 3.8) is 0 Å². The highest BCUT2D eigenvalue weighted by atomic mass is 16.5. The van der Waals surface area contributed by atoms with E-state index in [-0.39, 0.29) is 35.7 Å². The van der Waals surface area contributed by atoms with E-state index in [0.717, 1.165) is 22.3 Å². The third kappa shape index (κ3) is 2.94. The summed E-state index contributed by atoms with van der Waals surface area (Å²) in [5, 5.41) is 0. The number of esters is 1. The van der Waals surface area contributed by atoms with Crippen LogP contribution in [0, 0.1) is 17.8 Å². The normalized spacial score (nSPS) is 26.2. The van der Waals surface area contributed by atoms with Gasteiger partial charge in [-0.2, -0.15) is 0 Å².